The van der Waals surface area contributed by atoms with E-state index in [1.165, 1.54) is 24.1 Å². The van der Waals surface area contributed by atoms with Crippen LogP contribution in [0.1, 0.15) is 16.1 Å². The van der Waals surface area contributed by atoms with Gasteiger partial charge in [-0.2, -0.15) is 0 Å². The number of aromatic nitrogens is 1. The summed E-state index contributed by atoms with van der Waals surface area (Å²) in [6, 6.07) is 12.8. The maximum absolute atomic E-state index is 13.9. The first-order valence-electron chi connectivity index (χ1n) is 7.66. The van der Waals surface area contributed by atoms with Crippen LogP contribution >= 0.6 is 0 Å². The highest BCUT2D eigenvalue weighted by atomic mass is 19.1. The average molecular weight is 340 g/mol. The van der Waals surface area contributed by atoms with Crippen molar-refractivity contribution in [2.24, 2.45) is 0 Å². The van der Waals surface area contributed by atoms with Crippen molar-refractivity contribution in [3.05, 3.63) is 65.6 Å². The Morgan fingerprint density at radius 2 is 2.04 bits per heavy atom. The fraction of sp³-hybridized carbons (Fsp3) is 0.158. The third kappa shape index (κ3) is 3.38. The fourth-order valence-electron chi connectivity index (χ4n) is 2.61. The number of phenols is 1. The van der Waals surface area contributed by atoms with E-state index < -0.39 is 5.82 Å². The molecule has 25 heavy (non-hydrogen) atoms. The zero-order valence-electron chi connectivity index (χ0n) is 13.9. The predicted octanol–water partition coefficient (Wildman–Crippen LogP) is 3.36. The molecule has 1 aromatic heterocycles. The zero-order valence-corrected chi connectivity index (χ0v) is 13.9. The number of carbonyl (C=O) groups excluding carboxylic acids is 1. The molecule has 128 valence electrons. The lowest BCUT2D eigenvalue weighted by molar-refractivity contribution is 0.0779. The summed E-state index contributed by atoms with van der Waals surface area (Å²) in [5.41, 5.74) is 1.07. The van der Waals surface area contributed by atoms with Gasteiger partial charge in [0.2, 0.25) is 0 Å². The van der Waals surface area contributed by atoms with Crippen molar-refractivity contribution in [3.8, 4) is 11.5 Å². The van der Waals surface area contributed by atoms with E-state index in [-0.39, 0.29) is 29.4 Å². The van der Waals surface area contributed by atoms with Gasteiger partial charge in [0, 0.05) is 19.0 Å². The molecule has 0 aliphatic carbocycles. The van der Waals surface area contributed by atoms with E-state index in [0.29, 0.717) is 11.1 Å². The summed E-state index contributed by atoms with van der Waals surface area (Å²) in [6.07, 6.45) is 0. The zero-order chi connectivity index (χ0) is 18.0. The van der Waals surface area contributed by atoms with E-state index in [1.807, 2.05) is 0 Å². The molecule has 2 aromatic carbocycles. The number of amides is 1. The van der Waals surface area contributed by atoms with Crippen LogP contribution in [0.15, 0.2) is 48.5 Å². The highest BCUT2D eigenvalue weighted by molar-refractivity contribution is 5.94. The number of carbonyl (C=O) groups is 1. The Kier molecular flexibility index (Phi) is 4.52. The van der Waals surface area contributed by atoms with Crippen LogP contribution in [-0.4, -0.2) is 35.1 Å². The second-order valence-electron chi connectivity index (χ2n) is 5.68. The van der Waals surface area contributed by atoms with Crippen molar-refractivity contribution < 1.29 is 19.0 Å². The third-order valence-corrected chi connectivity index (χ3v) is 3.90. The van der Waals surface area contributed by atoms with Crippen LogP contribution in [0.25, 0.3) is 10.9 Å². The Labute approximate surface area is 144 Å². The van der Waals surface area contributed by atoms with Crippen molar-refractivity contribution in [1.29, 1.82) is 0 Å². The molecule has 0 aliphatic rings. The van der Waals surface area contributed by atoms with Crippen LogP contribution in [0.3, 0.4) is 0 Å². The monoisotopic (exact) mass is 340 g/mol. The van der Waals surface area contributed by atoms with Gasteiger partial charge < -0.3 is 14.7 Å². The van der Waals surface area contributed by atoms with Crippen LogP contribution in [-0.2, 0) is 6.54 Å². The van der Waals surface area contributed by atoms with E-state index in [2.05, 4.69) is 4.98 Å². The molecule has 0 atom stereocenters. The molecule has 1 N–H and O–H groups in total. The first-order chi connectivity index (χ1) is 12.0. The molecule has 1 heterocycles. The van der Waals surface area contributed by atoms with Gasteiger partial charge in [-0.1, -0.05) is 24.3 Å². The van der Waals surface area contributed by atoms with Gasteiger partial charge in [-0.05, 0) is 29.8 Å². The number of rotatable bonds is 4. The molecular formula is C19H17FN2O3. The van der Waals surface area contributed by atoms with Gasteiger partial charge in [0.1, 0.15) is 17.0 Å². The van der Waals surface area contributed by atoms with Gasteiger partial charge in [0.05, 0.1) is 7.11 Å². The van der Waals surface area contributed by atoms with E-state index in [4.69, 9.17) is 4.74 Å². The molecule has 0 bridgehead atoms. The van der Waals surface area contributed by atoms with E-state index in [0.717, 1.165) is 5.56 Å². The minimum atomic E-state index is -0.463. The summed E-state index contributed by atoms with van der Waals surface area (Å²) in [7, 11) is 3.09. The number of nitrogens with zero attached hydrogens (tertiary/aromatic N) is 2. The number of fused-ring (bicyclic) bond motifs is 1. The number of hydrogen-bond donors (Lipinski definition) is 1. The Balaban J connectivity index is 1.82. The molecule has 6 heteroatoms. The summed E-state index contributed by atoms with van der Waals surface area (Å²) in [4.78, 5) is 18.2. The molecular weight excluding hydrogens is 323 g/mol. The largest absolute Gasteiger partial charge is 0.504 e. The van der Waals surface area contributed by atoms with Crippen molar-refractivity contribution in [2.75, 3.05) is 14.2 Å². The first kappa shape index (κ1) is 16.7. The number of para-hydroxylation sites is 1. The highest BCUT2D eigenvalue weighted by Gasteiger charge is 2.16. The standard InChI is InChI=1S/C19H17FN2O3/c1-22(11-12-6-9-17(25-2)16(23)10-12)19(24)15-8-7-13-4-3-5-14(20)18(13)21-15/h3-10,23H,11H2,1-2H3. The minimum Gasteiger partial charge on any atom is -0.504 e. The normalized spacial score (nSPS) is 10.7. The number of ether oxygens (including phenoxy) is 1. The number of pyridine rings is 1. The third-order valence-electron chi connectivity index (χ3n) is 3.90. The molecule has 1 amide bonds. The summed E-state index contributed by atoms with van der Waals surface area (Å²) in [5, 5.41) is 10.5. The summed E-state index contributed by atoms with van der Waals surface area (Å²) < 4.78 is 18.9. The summed E-state index contributed by atoms with van der Waals surface area (Å²) in [6.45, 7) is 0.271. The highest BCUT2D eigenvalue weighted by Crippen LogP contribution is 2.26. The van der Waals surface area contributed by atoms with Crippen LogP contribution in [0.4, 0.5) is 4.39 Å². The Morgan fingerprint density at radius 3 is 2.76 bits per heavy atom. The summed E-state index contributed by atoms with van der Waals surface area (Å²) in [5.74, 6) is -0.425. The van der Waals surface area contributed by atoms with Crippen LogP contribution in [0.2, 0.25) is 0 Å². The second kappa shape index (κ2) is 6.76. The van der Waals surface area contributed by atoms with Gasteiger partial charge >= 0.3 is 0 Å². The lowest BCUT2D eigenvalue weighted by Gasteiger charge is -2.17. The first-order valence-corrected chi connectivity index (χ1v) is 7.66. The van der Waals surface area contributed by atoms with Crippen molar-refractivity contribution >= 4 is 16.8 Å². The lowest BCUT2D eigenvalue weighted by atomic mass is 10.1. The molecule has 3 rings (SSSR count). The molecule has 3 aromatic rings. The Morgan fingerprint density at radius 1 is 1.24 bits per heavy atom. The van der Waals surface area contributed by atoms with Crippen molar-refractivity contribution in [1.82, 2.24) is 9.88 Å². The fourth-order valence-corrected chi connectivity index (χ4v) is 2.61. The lowest BCUT2D eigenvalue weighted by Crippen LogP contribution is -2.27. The maximum Gasteiger partial charge on any atom is 0.272 e. The van der Waals surface area contributed by atoms with Gasteiger partial charge in [0.15, 0.2) is 11.5 Å². The molecule has 0 fully saturated rings. The van der Waals surface area contributed by atoms with Crippen molar-refractivity contribution in [2.45, 2.75) is 6.54 Å². The molecule has 0 saturated heterocycles. The average Bonchev–Trinajstić information content (AvgIpc) is 2.61. The molecule has 5 nitrogen and oxygen atoms in total. The predicted molar refractivity (Wildman–Crippen MR) is 92.2 cm³/mol. The smallest absolute Gasteiger partial charge is 0.272 e. The number of phenolic OH excluding ortho intramolecular Hbond substituents is 1. The quantitative estimate of drug-likeness (QED) is 0.791. The number of benzene rings is 2. The minimum absolute atomic E-state index is 0.00625. The van der Waals surface area contributed by atoms with Gasteiger partial charge in [-0.25, -0.2) is 9.37 Å². The maximum atomic E-state index is 13.9. The number of methoxy groups -OCH3 is 1. The molecule has 0 spiro atoms. The van der Waals surface area contributed by atoms with E-state index >= 15 is 0 Å². The van der Waals surface area contributed by atoms with Crippen LogP contribution in [0.5, 0.6) is 11.5 Å². The van der Waals surface area contributed by atoms with Crippen molar-refractivity contribution in [3.63, 3.8) is 0 Å². The van der Waals surface area contributed by atoms with Gasteiger partial charge in [-0.3, -0.25) is 4.79 Å². The van der Waals surface area contributed by atoms with E-state index in [1.54, 1.807) is 43.4 Å². The van der Waals surface area contributed by atoms with Gasteiger partial charge in [0.25, 0.3) is 5.91 Å². The van der Waals surface area contributed by atoms with E-state index in [9.17, 15) is 14.3 Å². The van der Waals surface area contributed by atoms with Crippen LogP contribution < -0.4 is 4.74 Å². The second-order valence-corrected chi connectivity index (χ2v) is 5.68. The number of aromatic hydroxyl groups is 1. The number of halogens is 1. The number of hydrogen-bond acceptors (Lipinski definition) is 4. The SMILES string of the molecule is COc1ccc(CN(C)C(=O)c2ccc3cccc(F)c3n2)cc1O. The molecule has 0 unspecified atom stereocenters. The van der Waals surface area contributed by atoms with Gasteiger partial charge in [-0.15, -0.1) is 0 Å². The molecule has 0 aliphatic heterocycles. The Hall–Kier alpha value is -3.15. The Bertz CT molecular complexity index is 943. The topological polar surface area (TPSA) is 62.7 Å². The molecule has 0 saturated carbocycles. The van der Waals surface area contributed by atoms with Crippen LogP contribution in [0, 0.1) is 5.82 Å². The molecule has 0 radical (unpaired) electrons. The summed E-state index contributed by atoms with van der Waals surface area (Å²) >= 11 is 0.